The molecule has 0 aromatic carbocycles. The Kier molecular flexibility index (Phi) is 2.89. The Balaban J connectivity index is 2.19. The van der Waals surface area contributed by atoms with Gasteiger partial charge in [0.1, 0.15) is 11.3 Å². The molecule has 0 N–H and O–H groups in total. The van der Waals surface area contributed by atoms with Crippen molar-refractivity contribution in [3.8, 4) is 10.7 Å². The Morgan fingerprint density at radius 3 is 3.00 bits per heavy atom. The van der Waals surface area contributed by atoms with Crippen molar-refractivity contribution >= 4 is 44.7 Å². The lowest BCUT2D eigenvalue weighted by atomic mass is 10.4. The van der Waals surface area contributed by atoms with E-state index in [-0.39, 0.29) is 0 Å². The van der Waals surface area contributed by atoms with Crippen LogP contribution in [-0.4, -0.2) is 25.8 Å². The Labute approximate surface area is 114 Å². The summed E-state index contributed by atoms with van der Waals surface area (Å²) in [5.74, 6) is 0. The predicted molar refractivity (Wildman–Crippen MR) is 73.6 cm³/mol. The smallest absolute Gasteiger partial charge is 0.174 e. The number of hydrogen-bond donors (Lipinski definition) is 0. The van der Waals surface area contributed by atoms with E-state index in [1.54, 1.807) is 23.1 Å². The first-order valence-electron chi connectivity index (χ1n) is 4.78. The standard InChI is InChI=1S/C10H7BrN4S2/c1-16-10-14-13-9(17-10)7-4-12-8-3-2-6(11)5-15(7)8/h2-5H,1H3. The minimum atomic E-state index is 0.889. The fourth-order valence-electron chi connectivity index (χ4n) is 1.51. The number of thioether (sulfide) groups is 1. The SMILES string of the molecule is CSc1nnc(-c2cnc3ccc(Br)cn23)s1. The highest BCUT2D eigenvalue weighted by Gasteiger charge is 2.11. The maximum atomic E-state index is 4.35. The minimum absolute atomic E-state index is 0.889. The highest BCUT2D eigenvalue weighted by atomic mass is 79.9. The van der Waals surface area contributed by atoms with Crippen molar-refractivity contribution in [2.45, 2.75) is 4.34 Å². The summed E-state index contributed by atoms with van der Waals surface area (Å²) in [6.45, 7) is 0. The van der Waals surface area contributed by atoms with Crippen LogP contribution in [0.2, 0.25) is 0 Å². The van der Waals surface area contributed by atoms with Gasteiger partial charge >= 0.3 is 0 Å². The number of nitrogens with zero attached hydrogens (tertiary/aromatic N) is 4. The molecule has 7 heteroatoms. The molecule has 3 aromatic heterocycles. The van der Waals surface area contributed by atoms with Crippen LogP contribution in [0.15, 0.2) is 33.3 Å². The van der Waals surface area contributed by atoms with Crippen molar-refractivity contribution in [3.05, 3.63) is 29.0 Å². The number of imidazole rings is 1. The van der Waals surface area contributed by atoms with Crippen molar-refractivity contribution < 1.29 is 0 Å². The lowest BCUT2D eigenvalue weighted by Crippen LogP contribution is -1.87. The zero-order chi connectivity index (χ0) is 11.8. The van der Waals surface area contributed by atoms with Gasteiger partial charge in [-0.15, -0.1) is 10.2 Å². The fraction of sp³-hybridized carbons (Fsp3) is 0.100. The van der Waals surface area contributed by atoms with E-state index in [0.29, 0.717) is 0 Å². The molecule has 0 saturated heterocycles. The molecule has 0 aliphatic heterocycles. The third-order valence-corrected chi connectivity index (χ3v) is 4.66. The summed E-state index contributed by atoms with van der Waals surface area (Å²) in [4.78, 5) is 4.35. The van der Waals surface area contributed by atoms with E-state index in [0.717, 1.165) is 25.2 Å². The molecule has 0 aliphatic carbocycles. The molecule has 3 heterocycles. The Hall–Kier alpha value is -0.920. The average Bonchev–Trinajstić information content (AvgIpc) is 2.93. The second-order valence-corrected chi connectivity index (χ2v) is 6.24. The van der Waals surface area contributed by atoms with Gasteiger partial charge in [0.05, 0.1) is 6.20 Å². The molecular formula is C10H7BrN4S2. The van der Waals surface area contributed by atoms with Gasteiger partial charge in [-0.05, 0) is 34.3 Å². The number of aromatic nitrogens is 4. The highest BCUT2D eigenvalue weighted by Crippen LogP contribution is 2.29. The maximum Gasteiger partial charge on any atom is 0.174 e. The lowest BCUT2D eigenvalue weighted by molar-refractivity contribution is 1.01. The zero-order valence-corrected chi connectivity index (χ0v) is 12.0. The molecule has 0 amide bonds. The van der Waals surface area contributed by atoms with Gasteiger partial charge in [0.15, 0.2) is 9.35 Å². The largest absolute Gasteiger partial charge is 0.296 e. The summed E-state index contributed by atoms with van der Waals surface area (Å²) in [7, 11) is 0. The van der Waals surface area contributed by atoms with Crippen LogP contribution in [0.5, 0.6) is 0 Å². The molecule has 3 rings (SSSR count). The molecule has 0 unspecified atom stereocenters. The molecule has 0 saturated carbocycles. The Morgan fingerprint density at radius 1 is 1.35 bits per heavy atom. The number of pyridine rings is 1. The Morgan fingerprint density at radius 2 is 2.24 bits per heavy atom. The van der Waals surface area contributed by atoms with Crippen molar-refractivity contribution in [2.75, 3.05) is 6.26 Å². The quantitative estimate of drug-likeness (QED) is 0.677. The maximum absolute atomic E-state index is 4.35. The van der Waals surface area contributed by atoms with Gasteiger partial charge < -0.3 is 0 Å². The van der Waals surface area contributed by atoms with Crippen molar-refractivity contribution in [1.82, 2.24) is 19.6 Å². The first-order valence-corrected chi connectivity index (χ1v) is 7.62. The summed E-state index contributed by atoms with van der Waals surface area (Å²) < 4.78 is 3.98. The molecular weight excluding hydrogens is 320 g/mol. The minimum Gasteiger partial charge on any atom is -0.296 e. The number of rotatable bonds is 2. The van der Waals surface area contributed by atoms with Gasteiger partial charge in [0, 0.05) is 10.7 Å². The van der Waals surface area contributed by atoms with Crippen LogP contribution in [0, 0.1) is 0 Å². The third-order valence-electron chi connectivity index (χ3n) is 2.27. The Bertz CT molecular complexity index is 676. The lowest BCUT2D eigenvalue weighted by Gasteiger charge is -1.97. The van der Waals surface area contributed by atoms with Crippen LogP contribution < -0.4 is 0 Å². The van der Waals surface area contributed by atoms with Crippen molar-refractivity contribution in [2.24, 2.45) is 0 Å². The van der Waals surface area contributed by atoms with Crippen LogP contribution in [0.25, 0.3) is 16.3 Å². The van der Waals surface area contributed by atoms with Gasteiger partial charge in [0.2, 0.25) is 0 Å². The van der Waals surface area contributed by atoms with Crippen molar-refractivity contribution in [3.63, 3.8) is 0 Å². The van der Waals surface area contributed by atoms with Gasteiger partial charge in [-0.2, -0.15) is 0 Å². The molecule has 0 atom stereocenters. The van der Waals surface area contributed by atoms with Crippen LogP contribution >= 0.6 is 39.0 Å². The van der Waals surface area contributed by atoms with Crippen LogP contribution in [-0.2, 0) is 0 Å². The van der Waals surface area contributed by atoms with E-state index in [9.17, 15) is 0 Å². The number of halogens is 1. The molecule has 0 fully saturated rings. The molecule has 17 heavy (non-hydrogen) atoms. The number of fused-ring (bicyclic) bond motifs is 1. The summed E-state index contributed by atoms with van der Waals surface area (Å²) >= 11 is 6.63. The van der Waals surface area contributed by atoms with E-state index in [4.69, 9.17) is 0 Å². The molecule has 86 valence electrons. The molecule has 0 spiro atoms. The zero-order valence-electron chi connectivity index (χ0n) is 8.79. The van der Waals surface area contributed by atoms with E-state index in [2.05, 4.69) is 31.1 Å². The topological polar surface area (TPSA) is 43.1 Å². The van der Waals surface area contributed by atoms with Gasteiger partial charge in [-0.3, -0.25) is 4.40 Å². The molecule has 4 nitrogen and oxygen atoms in total. The second kappa shape index (κ2) is 4.40. The average molecular weight is 327 g/mol. The first kappa shape index (κ1) is 11.2. The summed E-state index contributed by atoms with van der Waals surface area (Å²) in [5.41, 5.74) is 1.88. The highest BCUT2D eigenvalue weighted by molar-refractivity contribution is 9.10. The third kappa shape index (κ3) is 1.98. The first-order chi connectivity index (χ1) is 8.28. The van der Waals surface area contributed by atoms with E-state index >= 15 is 0 Å². The van der Waals surface area contributed by atoms with Gasteiger partial charge in [0.25, 0.3) is 0 Å². The molecule has 0 bridgehead atoms. The van der Waals surface area contributed by atoms with Crippen LogP contribution in [0.4, 0.5) is 0 Å². The monoisotopic (exact) mass is 326 g/mol. The molecule has 0 aliphatic rings. The summed E-state index contributed by atoms with van der Waals surface area (Å²) in [5, 5.41) is 9.17. The van der Waals surface area contributed by atoms with E-state index in [1.165, 1.54) is 0 Å². The van der Waals surface area contributed by atoms with E-state index < -0.39 is 0 Å². The van der Waals surface area contributed by atoms with Gasteiger partial charge in [-0.25, -0.2) is 4.98 Å². The number of hydrogen-bond acceptors (Lipinski definition) is 5. The molecule has 0 radical (unpaired) electrons. The summed E-state index contributed by atoms with van der Waals surface area (Å²) in [6, 6.07) is 3.93. The summed E-state index contributed by atoms with van der Waals surface area (Å²) in [6.07, 6.45) is 5.81. The fourth-order valence-corrected chi connectivity index (χ4v) is 3.12. The van der Waals surface area contributed by atoms with E-state index in [1.807, 2.05) is 35.2 Å². The van der Waals surface area contributed by atoms with Crippen molar-refractivity contribution in [1.29, 1.82) is 0 Å². The second-order valence-electron chi connectivity index (χ2n) is 3.30. The molecule has 3 aromatic rings. The van der Waals surface area contributed by atoms with Crippen LogP contribution in [0.1, 0.15) is 0 Å². The van der Waals surface area contributed by atoms with Crippen LogP contribution in [0.3, 0.4) is 0 Å². The normalized spacial score (nSPS) is 11.2. The predicted octanol–water partition coefficient (Wildman–Crippen LogP) is 3.34. The van der Waals surface area contributed by atoms with Gasteiger partial charge in [-0.1, -0.05) is 23.1 Å².